The Balaban J connectivity index is 1.36. The third-order valence-corrected chi connectivity index (χ3v) is 5.89. The number of rotatable bonds is 9. The van der Waals surface area contributed by atoms with Gasteiger partial charge in [0, 0.05) is 18.7 Å². The molecule has 0 spiro atoms. The minimum absolute atomic E-state index is 0.114. The maximum atomic E-state index is 13.6. The fraction of sp³-hybridized carbons (Fsp3) is 0.259. The molecule has 0 unspecified atom stereocenters. The van der Waals surface area contributed by atoms with Gasteiger partial charge in [0.2, 0.25) is 19.5 Å². The van der Waals surface area contributed by atoms with Gasteiger partial charge in [0.15, 0.2) is 23.0 Å². The van der Waals surface area contributed by atoms with Crippen molar-refractivity contribution in [1.29, 1.82) is 0 Å². The molecule has 3 heterocycles. The van der Waals surface area contributed by atoms with Gasteiger partial charge in [-0.3, -0.25) is 9.59 Å². The van der Waals surface area contributed by atoms with Crippen LogP contribution in [0.5, 0.6) is 23.0 Å². The largest absolute Gasteiger partial charge is 0.464 e. The van der Waals surface area contributed by atoms with Gasteiger partial charge >= 0.3 is 0 Å². The maximum Gasteiger partial charge on any atom is 0.254 e. The summed E-state index contributed by atoms with van der Waals surface area (Å²) in [6.07, 6.45) is 1.59. The van der Waals surface area contributed by atoms with E-state index in [4.69, 9.17) is 23.4 Å². The number of furan rings is 1. The zero-order chi connectivity index (χ0) is 25.1. The summed E-state index contributed by atoms with van der Waals surface area (Å²) in [5.41, 5.74) is 1.27. The molecule has 1 aromatic heterocycles. The van der Waals surface area contributed by atoms with E-state index in [0.717, 1.165) is 11.3 Å². The Morgan fingerprint density at radius 3 is 2.25 bits per heavy atom. The van der Waals surface area contributed by atoms with Crippen LogP contribution in [-0.2, 0) is 17.9 Å². The smallest absolute Gasteiger partial charge is 0.254 e. The molecule has 5 rings (SSSR count). The van der Waals surface area contributed by atoms with Gasteiger partial charge in [-0.05, 0) is 55.0 Å². The molecule has 0 fully saturated rings. The molecule has 0 bridgehead atoms. The predicted molar refractivity (Wildman–Crippen MR) is 129 cm³/mol. The van der Waals surface area contributed by atoms with Crippen molar-refractivity contribution in [3.63, 3.8) is 0 Å². The summed E-state index contributed by atoms with van der Waals surface area (Å²) >= 11 is 0. The van der Waals surface area contributed by atoms with Crippen LogP contribution in [0.15, 0.2) is 65.6 Å². The number of ether oxygens (including phenoxy) is 4. The molecule has 0 saturated carbocycles. The lowest BCUT2D eigenvalue weighted by Gasteiger charge is -2.27. The van der Waals surface area contributed by atoms with E-state index < -0.39 is 0 Å². The molecule has 2 amide bonds. The summed E-state index contributed by atoms with van der Waals surface area (Å²) in [6.45, 7) is 6.51. The number of nitrogens with zero attached hydrogens (tertiary/aromatic N) is 2. The standard InChI is InChI=1S/C27H26N2O7/c1-3-10-28(27(31)20-6-9-23-25(12-20)35-17-33-23)15-26(30)29(14-21-7-4-18(2)36-21)13-19-5-8-22-24(11-19)34-16-32-22/h3-9,11-12H,1,10,13-17H2,2H3. The normalized spacial score (nSPS) is 12.9. The summed E-state index contributed by atoms with van der Waals surface area (Å²) < 4.78 is 27.3. The Morgan fingerprint density at radius 2 is 1.56 bits per heavy atom. The van der Waals surface area contributed by atoms with E-state index >= 15 is 0 Å². The average molecular weight is 491 g/mol. The number of amides is 2. The van der Waals surface area contributed by atoms with Crippen molar-refractivity contribution in [1.82, 2.24) is 9.80 Å². The Kier molecular flexibility index (Phi) is 6.53. The third kappa shape index (κ3) is 5.00. The van der Waals surface area contributed by atoms with Gasteiger partial charge in [-0.2, -0.15) is 0 Å². The number of benzene rings is 2. The summed E-state index contributed by atoms with van der Waals surface area (Å²) in [5, 5.41) is 0. The number of fused-ring (bicyclic) bond motifs is 2. The van der Waals surface area contributed by atoms with Crippen LogP contribution in [0.3, 0.4) is 0 Å². The van der Waals surface area contributed by atoms with Crippen molar-refractivity contribution in [3.8, 4) is 23.0 Å². The minimum atomic E-state index is -0.307. The van der Waals surface area contributed by atoms with Crippen LogP contribution in [-0.4, -0.2) is 48.3 Å². The van der Waals surface area contributed by atoms with Crippen molar-refractivity contribution in [2.45, 2.75) is 20.0 Å². The number of carbonyl (C=O) groups excluding carboxylic acids is 2. The van der Waals surface area contributed by atoms with E-state index in [9.17, 15) is 9.59 Å². The summed E-state index contributed by atoms with van der Waals surface area (Å²) in [5.74, 6) is 3.26. The molecule has 3 aromatic rings. The first-order chi connectivity index (χ1) is 17.5. The van der Waals surface area contributed by atoms with Crippen LogP contribution in [0.2, 0.25) is 0 Å². The molecule has 0 aliphatic carbocycles. The first-order valence-electron chi connectivity index (χ1n) is 11.5. The van der Waals surface area contributed by atoms with Crippen LogP contribution in [0, 0.1) is 6.92 Å². The number of hydrogen-bond donors (Lipinski definition) is 0. The second-order valence-electron chi connectivity index (χ2n) is 8.49. The highest BCUT2D eigenvalue weighted by molar-refractivity contribution is 5.97. The lowest BCUT2D eigenvalue weighted by Crippen LogP contribution is -2.42. The van der Waals surface area contributed by atoms with Crippen LogP contribution in [0.1, 0.15) is 27.4 Å². The minimum Gasteiger partial charge on any atom is -0.464 e. The van der Waals surface area contributed by atoms with Gasteiger partial charge in [-0.15, -0.1) is 6.58 Å². The van der Waals surface area contributed by atoms with Crippen molar-refractivity contribution in [2.75, 3.05) is 26.7 Å². The number of carbonyl (C=O) groups is 2. The lowest BCUT2D eigenvalue weighted by molar-refractivity contribution is -0.133. The van der Waals surface area contributed by atoms with Crippen molar-refractivity contribution in [2.24, 2.45) is 0 Å². The van der Waals surface area contributed by atoms with Gasteiger partial charge in [0.25, 0.3) is 5.91 Å². The Morgan fingerprint density at radius 1 is 0.861 bits per heavy atom. The molecule has 9 nitrogen and oxygen atoms in total. The average Bonchev–Trinajstić information content (AvgIpc) is 3.63. The highest BCUT2D eigenvalue weighted by Gasteiger charge is 2.25. The fourth-order valence-corrected chi connectivity index (χ4v) is 4.10. The van der Waals surface area contributed by atoms with Gasteiger partial charge < -0.3 is 33.2 Å². The molecule has 0 atom stereocenters. The van der Waals surface area contributed by atoms with Crippen molar-refractivity contribution in [3.05, 3.63) is 83.8 Å². The molecule has 186 valence electrons. The highest BCUT2D eigenvalue weighted by Crippen LogP contribution is 2.34. The van der Waals surface area contributed by atoms with E-state index in [0.29, 0.717) is 40.9 Å². The van der Waals surface area contributed by atoms with Gasteiger partial charge in [0.05, 0.1) is 6.54 Å². The molecule has 9 heteroatoms. The number of hydrogen-bond acceptors (Lipinski definition) is 7. The van der Waals surface area contributed by atoms with Crippen LogP contribution in [0.25, 0.3) is 0 Å². The van der Waals surface area contributed by atoms with Gasteiger partial charge in [-0.1, -0.05) is 12.1 Å². The van der Waals surface area contributed by atoms with Crippen LogP contribution >= 0.6 is 0 Å². The van der Waals surface area contributed by atoms with E-state index in [1.807, 2.05) is 37.3 Å². The lowest BCUT2D eigenvalue weighted by atomic mass is 10.1. The van der Waals surface area contributed by atoms with E-state index in [1.165, 1.54) is 4.90 Å². The first-order valence-corrected chi connectivity index (χ1v) is 11.5. The Labute approximate surface area is 208 Å². The summed E-state index contributed by atoms with van der Waals surface area (Å²) in [6, 6.07) is 14.2. The zero-order valence-corrected chi connectivity index (χ0v) is 19.9. The molecule has 0 saturated heterocycles. The summed E-state index contributed by atoms with van der Waals surface area (Å²) in [4.78, 5) is 30.0. The topological polar surface area (TPSA) is 90.7 Å². The van der Waals surface area contributed by atoms with Gasteiger partial charge in [-0.25, -0.2) is 0 Å². The molecular formula is C27H26N2O7. The predicted octanol–water partition coefficient (Wildman–Crippen LogP) is 3.90. The van der Waals surface area contributed by atoms with E-state index in [-0.39, 0.29) is 45.0 Å². The van der Waals surface area contributed by atoms with E-state index in [1.54, 1.807) is 29.2 Å². The Bertz CT molecular complexity index is 1300. The quantitative estimate of drug-likeness (QED) is 0.420. The van der Waals surface area contributed by atoms with Crippen LogP contribution in [0.4, 0.5) is 0 Å². The SMILES string of the molecule is C=CCN(CC(=O)N(Cc1ccc2c(c1)OCO2)Cc1ccc(C)o1)C(=O)c1ccc2c(c1)OCO2. The first kappa shape index (κ1) is 23.3. The second-order valence-corrected chi connectivity index (χ2v) is 8.49. The van der Waals surface area contributed by atoms with Crippen molar-refractivity contribution < 1.29 is 33.0 Å². The fourth-order valence-electron chi connectivity index (χ4n) is 4.10. The molecule has 2 aliphatic heterocycles. The van der Waals surface area contributed by atoms with Gasteiger partial charge in [0.1, 0.15) is 18.1 Å². The number of aryl methyl sites for hydroxylation is 1. The monoisotopic (exact) mass is 490 g/mol. The summed E-state index contributed by atoms with van der Waals surface area (Å²) in [7, 11) is 0. The molecule has 36 heavy (non-hydrogen) atoms. The van der Waals surface area contributed by atoms with Crippen molar-refractivity contribution >= 4 is 11.8 Å². The second kappa shape index (κ2) is 10.1. The zero-order valence-electron chi connectivity index (χ0n) is 19.9. The molecule has 2 aliphatic rings. The third-order valence-electron chi connectivity index (χ3n) is 5.89. The molecule has 0 radical (unpaired) electrons. The molecule has 2 aromatic carbocycles. The van der Waals surface area contributed by atoms with E-state index in [2.05, 4.69) is 6.58 Å². The molecule has 0 N–H and O–H groups in total. The van der Waals surface area contributed by atoms with Crippen LogP contribution < -0.4 is 18.9 Å². The highest BCUT2D eigenvalue weighted by atomic mass is 16.7. The maximum absolute atomic E-state index is 13.6. The molecular weight excluding hydrogens is 464 g/mol. The Hall–Kier alpha value is -4.40.